The van der Waals surface area contributed by atoms with Gasteiger partial charge >= 0.3 is 53.7 Å². The summed E-state index contributed by atoms with van der Waals surface area (Å²) in [6, 6.07) is 0. The fourth-order valence-corrected chi connectivity index (χ4v) is 6.05. The lowest BCUT2D eigenvalue weighted by Crippen LogP contribution is -2.12. The van der Waals surface area contributed by atoms with Crippen LogP contribution < -0.4 is 0 Å². The van der Waals surface area contributed by atoms with Gasteiger partial charge in [0.25, 0.3) is 0 Å². The van der Waals surface area contributed by atoms with Crippen molar-refractivity contribution in [2.75, 3.05) is 59.5 Å². The molecule has 68 heavy (non-hydrogen) atoms. The van der Waals surface area contributed by atoms with Crippen LogP contribution in [0.2, 0.25) is 0 Å². The molecule has 0 spiro atoms. The van der Waals surface area contributed by atoms with Crippen molar-refractivity contribution in [3.8, 4) is 0 Å². The first kappa shape index (κ1) is 62.7. The summed E-state index contributed by atoms with van der Waals surface area (Å²) in [4.78, 5) is 105. The maximum Gasteiger partial charge on any atom is 0.330 e. The third-order valence-corrected chi connectivity index (χ3v) is 9.92. The molecule has 0 aromatic heterocycles. The molecule has 18 nitrogen and oxygen atoms in total. The van der Waals surface area contributed by atoms with E-state index in [0.717, 1.165) is 50.7 Å². The van der Waals surface area contributed by atoms with E-state index >= 15 is 0 Å². The quantitative estimate of drug-likeness (QED) is 0.0242. The van der Waals surface area contributed by atoms with E-state index in [4.69, 9.17) is 42.6 Å². The minimum absolute atomic E-state index is 0.00678. The molecule has 0 heterocycles. The van der Waals surface area contributed by atoms with Crippen LogP contribution in [0.5, 0.6) is 0 Å². The molecule has 0 amide bonds. The second-order valence-electron chi connectivity index (χ2n) is 16.0. The molecule has 18 heteroatoms. The van der Waals surface area contributed by atoms with Gasteiger partial charge in [0.05, 0.1) is 46.2 Å². The Kier molecular flexibility index (Phi) is 43.2. The SMILES string of the molecule is C=CC(=O)OCCCCCC(=O)OCCCCCC(=O)OCCCCCC(=O)OCCCCCC(=O)OCCCCCC(=O)OCCCCCC(=O)OCCCCCC(=O)OCCOC(=O)C=C. The molecule has 0 aromatic rings. The van der Waals surface area contributed by atoms with Crippen LogP contribution >= 0.6 is 0 Å². The molecule has 0 fully saturated rings. The summed E-state index contributed by atoms with van der Waals surface area (Å²) in [6.45, 7) is 8.64. The number of esters is 9. The van der Waals surface area contributed by atoms with Crippen LogP contribution in [0.25, 0.3) is 0 Å². The zero-order chi connectivity index (χ0) is 50.1. The third kappa shape index (κ3) is 45.8. The number of carbonyl (C=O) groups is 9. The molecule has 388 valence electrons. The van der Waals surface area contributed by atoms with E-state index in [1.165, 1.54) is 0 Å². The zero-order valence-electron chi connectivity index (χ0n) is 40.6. The van der Waals surface area contributed by atoms with Crippen molar-refractivity contribution in [2.24, 2.45) is 0 Å². The van der Waals surface area contributed by atoms with Crippen LogP contribution in [0.1, 0.15) is 180 Å². The van der Waals surface area contributed by atoms with Gasteiger partial charge in [0.2, 0.25) is 0 Å². The molecule has 0 saturated carbocycles. The van der Waals surface area contributed by atoms with E-state index in [1.807, 2.05) is 0 Å². The average molecular weight is 969 g/mol. The van der Waals surface area contributed by atoms with E-state index in [2.05, 4.69) is 13.2 Å². The largest absolute Gasteiger partial charge is 0.466 e. The predicted octanol–water partition coefficient (Wildman–Crippen LogP) is 8.17. The second kappa shape index (κ2) is 46.8. The zero-order valence-corrected chi connectivity index (χ0v) is 40.6. The molecule has 0 aliphatic rings. The molecular weight excluding hydrogens is 889 g/mol. The average Bonchev–Trinajstić information content (AvgIpc) is 3.32. The molecular formula is C50H80O18. The number of hydrogen-bond acceptors (Lipinski definition) is 18. The van der Waals surface area contributed by atoms with Crippen LogP contribution in [0.3, 0.4) is 0 Å². The molecule has 0 N–H and O–H groups in total. The summed E-state index contributed by atoms with van der Waals surface area (Å²) in [6.07, 6.45) is 18.3. The van der Waals surface area contributed by atoms with Crippen molar-refractivity contribution in [1.29, 1.82) is 0 Å². The van der Waals surface area contributed by atoms with Gasteiger partial charge in [0.15, 0.2) is 0 Å². The van der Waals surface area contributed by atoms with Gasteiger partial charge in [-0.15, -0.1) is 0 Å². The maximum atomic E-state index is 12.0. The Bertz CT molecular complexity index is 1440. The minimum Gasteiger partial charge on any atom is -0.466 e. The van der Waals surface area contributed by atoms with E-state index in [1.54, 1.807) is 0 Å². The van der Waals surface area contributed by atoms with E-state index in [-0.39, 0.29) is 107 Å². The Hall–Kier alpha value is -5.29. The predicted molar refractivity (Wildman–Crippen MR) is 248 cm³/mol. The van der Waals surface area contributed by atoms with Crippen molar-refractivity contribution < 1.29 is 85.8 Å². The first-order valence-electron chi connectivity index (χ1n) is 24.6. The Morgan fingerprint density at radius 2 is 0.382 bits per heavy atom. The van der Waals surface area contributed by atoms with Gasteiger partial charge in [-0.1, -0.05) is 13.2 Å². The van der Waals surface area contributed by atoms with Crippen LogP contribution in [0.15, 0.2) is 25.3 Å². The fraction of sp³-hybridized carbons (Fsp3) is 0.740. The molecule has 0 bridgehead atoms. The van der Waals surface area contributed by atoms with Gasteiger partial charge in [-0.05, 0) is 135 Å². The van der Waals surface area contributed by atoms with Gasteiger partial charge < -0.3 is 42.6 Å². The monoisotopic (exact) mass is 969 g/mol. The minimum atomic E-state index is -0.574. The molecule has 0 radical (unpaired) electrons. The first-order chi connectivity index (χ1) is 33.0. The molecule has 0 saturated heterocycles. The first-order valence-corrected chi connectivity index (χ1v) is 24.6. The van der Waals surface area contributed by atoms with Crippen molar-refractivity contribution in [3.63, 3.8) is 0 Å². The fourth-order valence-electron chi connectivity index (χ4n) is 6.05. The number of rotatable bonds is 47. The van der Waals surface area contributed by atoms with Crippen LogP contribution in [-0.4, -0.2) is 113 Å². The van der Waals surface area contributed by atoms with E-state index < -0.39 is 11.9 Å². The highest BCUT2D eigenvalue weighted by Crippen LogP contribution is 2.10. The number of ether oxygens (including phenoxy) is 9. The Balaban J connectivity index is 3.50. The standard InChI is InChI=1S/C50H80O18/c1-3-42(51)60-33-19-5-12-26-44(53)61-34-20-6-13-27-45(54)62-35-21-7-14-28-46(55)63-36-22-8-15-29-47(56)64-37-23-9-16-30-48(57)65-38-24-10-17-31-49(58)66-39-25-11-18-32-50(59)68-41-40-67-43(52)4-2/h3-4H,1-2,5-41H2. The maximum absolute atomic E-state index is 12.0. The van der Waals surface area contributed by atoms with Gasteiger partial charge in [-0.2, -0.15) is 0 Å². The summed E-state index contributed by atoms with van der Waals surface area (Å²) in [5.74, 6) is -3.06. The lowest BCUT2D eigenvalue weighted by Gasteiger charge is -2.07. The Labute approximate surface area is 403 Å². The number of unbranched alkanes of at least 4 members (excludes halogenated alkanes) is 14. The highest BCUT2D eigenvalue weighted by Gasteiger charge is 2.10. The summed E-state index contributed by atoms with van der Waals surface area (Å²) in [5, 5.41) is 0. The van der Waals surface area contributed by atoms with Gasteiger partial charge in [0.1, 0.15) is 13.2 Å². The smallest absolute Gasteiger partial charge is 0.330 e. The summed E-state index contributed by atoms with van der Waals surface area (Å²) >= 11 is 0. The molecule has 0 aromatic carbocycles. The van der Waals surface area contributed by atoms with Gasteiger partial charge in [-0.3, -0.25) is 33.6 Å². The normalized spacial score (nSPS) is 10.5. The van der Waals surface area contributed by atoms with Crippen LogP contribution in [0, 0.1) is 0 Å². The topological polar surface area (TPSA) is 237 Å². The molecule has 0 unspecified atom stereocenters. The van der Waals surface area contributed by atoms with Crippen molar-refractivity contribution in [1.82, 2.24) is 0 Å². The van der Waals surface area contributed by atoms with Gasteiger partial charge in [0, 0.05) is 57.1 Å². The van der Waals surface area contributed by atoms with E-state index in [0.29, 0.717) is 136 Å². The molecule has 0 aliphatic carbocycles. The Morgan fingerprint density at radius 1 is 0.221 bits per heavy atom. The third-order valence-electron chi connectivity index (χ3n) is 9.92. The van der Waals surface area contributed by atoms with Gasteiger partial charge in [-0.25, -0.2) is 9.59 Å². The highest BCUT2D eigenvalue weighted by atomic mass is 16.6. The van der Waals surface area contributed by atoms with E-state index in [9.17, 15) is 43.2 Å². The van der Waals surface area contributed by atoms with Crippen LogP contribution in [0.4, 0.5) is 0 Å². The molecule has 0 aliphatic heterocycles. The summed E-state index contributed by atoms with van der Waals surface area (Å²) in [5.41, 5.74) is 0. The molecule has 0 atom stereocenters. The number of carbonyl (C=O) groups excluding carboxylic acids is 9. The summed E-state index contributed by atoms with van der Waals surface area (Å²) < 4.78 is 46.0. The van der Waals surface area contributed by atoms with Crippen molar-refractivity contribution >= 4 is 53.7 Å². The second-order valence-corrected chi connectivity index (χ2v) is 16.0. The lowest BCUT2D eigenvalue weighted by atomic mass is 10.2. The summed E-state index contributed by atoms with van der Waals surface area (Å²) in [7, 11) is 0. The van der Waals surface area contributed by atoms with Crippen LogP contribution in [-0.2, 0) is 85.8 Å². The van der Waals surface area contributed by atoms with Crippen molar-refractivity contribution in [3.05, 3.63) is 25.3 Å². The highest BCUT2D eigenvalue weighted by molar-refractivity contribution is 5.81. The lowest BCUT2D eigenvalue weighted by molar-refractivity contribution is -0.149. The molecule has 0 rings (SSSR count). The van der Waals surface area contributed by atoms with Crippen molar-refractivity contribution in [2.45, 2.75) is 180 Å². The Morgan fingerprint density at radius 3 is 0.588 bits per heavy atom. The number of hydrogen-bond donors (Lipinski definition) is 0.